The number of amides is 1. The molecule has 0 saturated heterocycles. The third-order valence-electron chi connectivity index (χ3n) is 3.37. The monoisotopic (exact) mass is 302 g/mol. The Morgan fingerprint density at radius 1 is 1.23 bits per heavy atom. The highest BCUT2D eigenvalue weighted by atomic mass is 19.1. The minimum Gasteiger partial charge on any atom is -0.461 e. The fraction of sp³-hybridized carbons (Fsp3) is 0.250. The summed E-state index contributed by atoms with van der Waals surface area (Å²) in [4.78, 5) is 19.4. The van der Waals surface area contributed by atoms with Crippen LogP contribution in [0.15, 0.2) is 52.2 Å². The Hall–Kier alpha value is -2.63. The van der Waals surface area contributed by atoms with Crippen molar-refractivity contribution in [2.75, 3.05) is 0 Å². The number of halogens is 1. The van der Waals surface area contributed by atoms with Gasteiger partial charge in [-0.2, -0.15) is 0 Å². The molecule has 5 nitrogen and oxygen atoms in total. The van der Waals surface area contributed by atoms with E-state index in [9.17, 15) is 9.18 Å². The lowest BCUT2D eigenvalue weighted by atomic mass is 10.1. The summed E-state index contributed by atoms with van der Waals surface area (Å²) in [5.74, 6) is 0.181. The fourth-order valence-corrected chi connectivity index (χ4v) is 2.17. The molecule has 2 aromatic rings. The molecule has 3 rings (SSSR count). The molecule has 1 amide bonds. The van der Waals surface area contributed by atoms with Gasteiger partial charge >= 0.3 is 0 Å². The third kappa shape index (κ3) is 2.59. The maximum atomic E-state index is 13.0. The maximum absolute atomic E-state index is 13.0. The Bertz CT molecular complexity index is 706. The highest BCUT2D eigenvalue weighted by molar-refractivity contribution is 6.09. The van der Waals surface area contributed by atoms with Crippen molar-refractivity contribution in [2.24, 2.45) is 5.16 Å². The zero-order valence-corrected chi connectivity index (χ0v) is 12.2. The maximum Gasteiger partial charge on any atom is 0.275 e. The largest absolute Gasteiger partial charge is 0.461 e. The molecular formula is C16H15FN2O3. The van der Waals surface area contributed by atoms with Gasteiger partial charge in [-0.25, -0.2) is 4.39 Å². The van der Waals surface area contributed by atoms with Crippen LogP contribution in [0.1, 0.15) is 25.2 Å². The Balaban J connectivity index is 1.96. The minimum absolute atomic E-state index is 0.238. The van der Waals surface area contributed by atoms with Gasteiger partial charge in [-0.15, -0.1) is 0 Å². The van der Waals surface area contributed by atoms with E-state index < -0.39 is 5.60 Å². The van der Waals surface area contributed by atoms with Crippen LogP contribution < -0.4 is 0 Å². The lowest BCUT2D eigenvalue weighted by molar-refractivity contribution is -0.155. The van der Waals surface area contributed by atoms with E-state index in [1.807, 2.05) is 0 Å². The summed E-state index contributed by atoms with van der Waals surface area (Å²) >= 11 is 0. The predicted molar refractivity (Wildman–Crippen MR) is 77.4 cm³/mol. The fourth-order valence-electron chi connectivity index (χ4n) is 2.17. The predicted octanol–water partition coefficient (Wildman–Crippen LogP) is 2.92. The SMILES string of the molecule is CC1(C)ON=C(c2ccco2)N(Cc2ccc(F)cc2)C1=O. The first kappa shape index (κ1) is 14.3. The molecule has 0 atom stereocenters. The van der Waals surface area contributed by atoms with Crippen molar-refractivity contribution >= 4 is 11.7 Å². The van der Waals surface area contributed by atoms with Gasteiger partial charge in [0.05, 0.1) is 12.8 Å². The van der Waals surface area contributed by atoms with Crippen molar-refractivity contribution in [3.8, 4) is 0 Å². The van der Waals surface area contributed by atoms with Gasteiger partial charge < -0.3 is 9.25 Å². The molecule has 2 heterocycles. The van der Waals surface area contributed by atoms with Gasteiger partial charge in [0.15, 0.2) is 5.76 Å². The molecule has 1 aliphatic heterocycles. The van der Waals surface area contributed by atoms with Gasteiger partial charge in [0, 0.05) is 0 Å². The molecule has 0 N–H and O–H groups in total. The van der Waals surface area contributed by atoms with Gasteiger partial charge in [0.2, 0.25) is 11.4 Å². The average Bonchev–Trinajstić information content (AvgIpc) is 3.00. The number of carbonyl (C=O) groups is 1. The summed E-state index contributed by atoms with van der Waals surface area (Å²) in [7, 11) is 0. The number of rotatable bonds is 3. The van der Waals surface area contributed by atoms with E-state index in [0.29, 0.717) is 11.6 Å². The van der Waals surface area contributed by atoms with E-state index in [-0.39, 0.29) is 18.3 Å². The molecule has 0 unspecified atom stereocenters. The van der Waals surface area contributed by atoms with Crippen molar-refractivity contribution in [3.05, 3.63) is 59.8 Å². The molecular weight excluding hydrogens is 287 g/mol. The molecule has 0 radical (unpaired) electrons. The van der Waals surface area contributed by atoms with Crippen LogP contribution in [-0.4, -0.2) is 22.2 Å². The lowest BCUT2D eigenvalue weighted by Gasteiger charge is -2.34. The number of benzene rings is 1. The molecule has 22 heavy (non-hydrogen) atoms. The van der Waals surface area contributed by atoms with E-state index in [1.54, 1.807) is 38.1 Å². The van der Waals surface area contributed by atoms with Crippen LogP contribution in [0.25, 0.3) is 0 Å². The smallest absolute Gasteiger partial charge is 0.275 e. The average molecular weight is 302 g/mol. The van der Waals surface area contributed by atoms with Crippen molar-refractivity contribution in [2.45, 2.75) is 26.0 Å². The van der Waals surface area contributed by atoms with Gasteiger partial charge in [-0.1, -0.05) is 17.3 Å². The highest BCUT2D eigenvalue weighted by Crippen LogP contribution is 2.24. The van der Waals surface area contributed by atoms with Crippen molar-refractivity contribution < 1.29 is 18.4 Å². The topological polar surface area (TPSA) is 55.0 Å². The number of carbonyl (C=O) groups excluding carboxylic acids is 1. The van der Waals surface area contributed by atoms with E-state index in [2.05, 4.69) is 5.16 Å². The molecule has 0 saturated carbocycles. The van der Waals surface area contributed by atoms with Gasteiger partial charge in [-0.3, -0.25) is 9.69 Å². The second kappa shape index (κ2) is 5.29. The summed E-state index contributed by atoms with van der Waals surface area (Å²) in [6, 6.07) is 9.38. The van der Waals surface area contributed by atoms with Crippen LogP contribution in [0.5, 0.6) is 0 Å². The van der Waals surface area contributed by atoms with Crippen LogP contribution >= 0.6 is 0 Å². The summed E-state index contributed by atoms with van der Waals surface area (Å²) in [6.45, 7) is 3.55. The van der Waals surface area contributed by atoms with Crippen molar-refractivity contribution in [1.29, 1.82) is 0 Å². The van der Waals surface area contributed by atoms with Crippen LogP contribution in [0.3, 0.4) is 0 Å². The molecule has 1 aromatic heterocycles. The van der Waals surface area contributed by atoms with Crippen LogP contribution in [0.2, 0.25) is 0 Å². The number of amidine groups is 1. The zero-order chi connectivity index (χ0) is 15.7. The Labute approximate surface area is 127 Å². The summed E-state index contributed by atoms with van der Waals surface area (Å²) in [5.41, 5.74) is -0.275. The van der Waals surface area contributed by atoms with Crippen LogP contribution in [0.4, 0.5) is 4.39 Å². The van der Waals surface area contributed by atoms with E-state index in [1.165, 1.54) is 23.3 Å². The Morgan fingerprint density at radius 3 is 2.59 bits per heavy atom. The number of furan rings is 1. The van der Waals surface area contributed by atoms with Gasteiger partial charge in [0.25, 0.3) is 5.91 Å². The highest BCUT2D eigenvalue weighted by Gasteiger charge is 2.41. The molecule has 1 aliphatic rings. The van der Waals surface area contributed by atoms with E-state index in [0.717, 1.165) is 5.56 Å². The van der Waals surface area contributed by atoms with E-state index >= 15 is 0 Å². The first-order chi connectivity index (χ1) is 10.5. The van der Waals surface area contributed by atoms with Crippen molar-refractivity contribution in [1.82, 2.24) is 4.90 Å². The minimum atomic E-state index is -1.06. The molecule has 114 valence electrons. The van der Waals surface area contributed by atoms with E-state index in [4.69, 9.17) is 9.25 Å². The normalized spacial score (nSPS) is 17.1. The third-order valence-corrected chi connectivity index (χ3v) is 3.37. The first-order valence-corrected chi connectivity index (χ1v) is 6.84. The number of hydrogen-bond donors (Lipinski definition) is 0. The lowest BCUT2D eigenvalue weighted by Crippen LogP contribution is -2.52. The molecule has 1 aromatic carbocycles. The van der Waals surface area contributed by atoms with Gasteiger partial charge in [0.1, 0.15) is 5.82 Å². The summed E-state index contributed by atoms with van der Waals surface area (Å²) < 4.78 is 18.3. The molecule has 0 fully saturated rings. The van der Waals surface area contributed by atoms with Crippen LogP contribution in [0, 0.1) is 5.82 Å². The summed E-state index contributed by atoms with van der Waals surface area (Å²) in [6.07, 6.45) is 1.50. The van der Waals surface area contributed by atoms with Gasteiger partial charge in [-0.05, 0) is 43.7 Å². The summed E-state index contributed by atoms with van der Waals surface area (Å²) in [5, 5.41) is 4.02. The number of oxime groups is 1. The van der Waals surface area contributed by atoms with Crippen LogP contribution in [-0.2, 0) is 16.2 Å². The Morgan fingerprint density at radius 2 is 1.95 bits per heavy atom. The Kier molecular flexibility index (Phi) is 3.44. The standard InChI is InChI=1S/C16H15FN2O3/c1-16(2)15(20)19(10-11-5-7-12(17)8-6-11)14(18-22-16)13-4-3-9-21-13/h3-9H,10H2,1-2H3. The zero-order valence-electron chi connectivity index (χ0n) is 12.2. The molecule has 0 spiro atoms. The quantitative estimate of drug-likeness (QED) is 0.876. The second-order valence-corrected chi connectivity index (χ2v) is 5.51. The second-order valence-electron chi connectivity index (χ2n) is 5.51. The molecule has 6 heteroatoms. The molecule has 0 bridgehead atoms. The van der Waals surface area contributed by atoms with Crippen molar-refractivity contribution in [3.63, 3.8) is 0 Å². The molecule has 0 aliphatic carbocycles. The first-order valence-electron chi connectivity index (χ1n) is 6.84. The number of hydrogen-bond acceptors (Lipinski definition) is 4. The number of nitrogens with zero attached hydrogens (tertiary/aromatic N) is 2.